The van der Waals surface area contributed by atoms with E-state index in [-0.39, 0.29) is 12.2 Å². The van der Waals surface area contributed by atoms with Crippen molar-refractivity contribution in [1.82, 2.24) is 9.78 Å². The van der Waals surface area contributed by atoms with Crippen LogP contribution in [0.2, 0.25) is 0 Å². The molecule has 23 heavy (non-hydrogen) atoms. The molecular formula is C17H18N2O3S. The number of ether oxygens (including phenoxy) is 1. The summed E-state index contributed by atoms with van der Waals surface area (Å²) < 4.78 is 8.30. The molecule has 0 amide bonds. The standard InChI is InChI=1S/C17H18N2O3S/c1-4-12(17(21)22-5-2)19-16(20)14-11-8-6-7-9-13(11)23-15(14)10(3)18-19/h6-9,12H,4-5H2,1-3H3/t12-/m1/s1. The minimum atomic E-state index is -0.691. The summed E-state index contributed by atoms with van der Waals surface area (Å²) in [7, 11) is 0. The zero-order chi connectivity index (χ0) is 16.6. The largest absolute Gasteiger partial charge is 0.464 e. The fraction of sp³-hybridized carbons (Fsp3) is 0.353. The van der Waals surface area contributed by atoms with Crippen LogP contribution >= 0.6 is 11.3 Å². The van der Waals surface area contributed by atoms with E-state index in [0.29, 0.717) is 11.8 Å². The fourth-order valence-electron chi connectivity index (χ4n) is 2.77. The van der Waals surface area contributed by atoms with E-state index < -0.39 is 12.0 Å². The summed E-state index contributed by atoms with van der Waals surface area (Å²) in [4.78, 5) is 25.1. The number of rotatable bonds is 4. The Bertz CT molecular complexity index is 942. The second kappa shape index (κ2) is 6.12. The maximum absolute atomic E-state index is 13.0. The highest BCUT2D eigenvalue weighted by Crippen LogP contribution is 2.33. The van der Waals surface area contributed by atoms with Crippen LogP contribution in [0.1, 0.15) is 32.0 Å². The first-order chi connectivity index (χ1) is 11.1. The third-order valence-corrected chi connectivity index (χ3v) is 5.12. The average Bonchev–Trinajstić information content (AvgIpc) is 2.93. The van der Waals surface area contributed by atoms with Crippen molar-refractivity contribution in [2.24, 2.45) is 0 Å². The van der Waals surface area contributed by atoms with E-state index in [1.807, 2.05) is 38.1 Å². The SMILES string of the molecule is CCOC(=O)[C@@H](CC)n1nc(C)c2sc3ccccc3c2c1=O. The molecule has 0 aliphatic carbocycles. The predicted octanol–water partition coefficient (Wildman–Crippen LogP) is 3.43. The van der Waals surface area contributed by atoms with Crippen LogP contribution in [-0.2, 0) is 9.53 Å². The van der Waals surface area contributed by atoms with E-state index in [4.69, 9.17) is 4.74 Å². The van der Waals surface area contributed by atoms with E-state index in [9.17, 15) is 9.59 Å². The van der Waals surface area contributed by atoms with Crippen LogP contribution in [0.5, 0.6) is 0 Å². The van der Waals surface area contributed by atoms with Gasteiger partial charge in [-0.25, -0.2) is 9.48 Å². The van der Waals surface area contributed by atoms with Crippen LogP contribution in [0.15, 0.2) is 29.1 Å². The van der Waals surface area contributed by atoms with Crippen LogP contribution in [-0.4, -0.2) is 22.4 Å². The molecule has 0 unspecified atom stereocenters. The molecule has 120 valence electrons. The van der Waals surface area contributed by atoms with Crippen LogP contribution in [0, 0.1) is 6.92 Å². The summed E-state index contributed by atoms with van der Waals surface area (Å²) in [6.07, 6.45) is 0.457. The smallest absolute Gasteiger partial charge is 0.331 e. The summed E-state index contributed by atoms with van der Waals surface area (Å²) in [5, 5.41) is 5.94. The van der Waals surface area contributed by atoms with Crippen molar-refractivity contribution in [2.45, 2.75) is 33.2 Å². The summed E-state index contributed by atoms with van der Waals surface area (Å²) in [5.41, 5.74) is 0.520. The number of carbonyl (C=O) groups is 1. The first kappa shape index (κ1) is 15.7. The number of esters is 1. The van der Waals surface area contributed by atoms with Gasteiger partial charge in [-0.2, -0.15) is 5.10 Å². The van der Waals surface area contributed by atoms with Crippen molar-refractivity contribution in [3.8, 4) is 0 Å². The van der Waals surface area contributed by atoms with E-state index in [1.54, 1.807) is 18.3 Å². The molecule has 0 aliphatic heterocycles. The number of hydrogen-bond donors (Lipinski definition) is 0. The monoisotopic (exact) mass is 330 g/mol. The maximum Gasteiger partial charge on any atom is 0.331 e. The second-order valence-corrected chi connectivity index (χ2v) is 6.37. The first-order valence-electron chi connectivity index (χ1n) is 7.65. The van der Waals surface area contributed by atoms with Crippen molar-refractivity contribution in [2.75, 3.05) is 6.61 Å². The van der Waals surface area contributed by atoms with Gasteiger partial charge in [-0.3, -0.25) is 4.79 Å². The summed E-state index contributed by atoms with van der Waals surface area (Å²) in [6.45, 7) is 5.75. The molecule has 0 N–H and O–H groups in total. The zero-order valence-corrected chi connectivity index (χ0v) is 14.1. The maximum atomic E-state index is 13.0. The van der Waals surface area contributed by atoms with Crippen LogP contribution in [0.3, 0.4) is 0 Å². The van der Waals surface area contributed by atoms with E-state index >= 15 is 0 Å². The van der Waals surface area contributed by atoms with Gasteiger partial charge >= 0.3 is 5.97 Å². The van der Waals surface area contributed by atoms with E-state index in [0.717, 1.165) is 20.5 Å². The number of aryl methyl sites for hydroxylation is 1. The Balaban J connectivity index is 2.30. The lowest BCUT2D eigenvalue weighted by Crippen LogP contribution is -2.33. The number of nitrogens with zero attached hydrogens (tertiary/aromatic N) is 2. The molecule has 0 bridgehead atoms. The number of benzene rings is 1. The number of thiophene rings is 1. The Morgan fingerprint density at radius 1 is 1.35 bits per heavy atom. The number of hydrogen-bond acceptors (Lipinski definition) is 5. The molecule has 0 aliphatic rings. The summed E-state index contributed by atoms with van der Waals surface area (Å²) in [6, 6.07) is 7.10. The molecule has 2 aromatic heterocycles. The molecule has 1 aromatic carbocycles. The van der Waals surface area contributed by atoms with Crippen molar-refractivity contribution >= 4 is 37.5 Å². The lowest BCUT2D eigenvalue weighted by Gasteiger charge is -2.16. The molecule has 5 nitrogen and oxygen atoms in total. The Hall–Kier alpha value is -2.21. The normalized spacial score (nSPS) is 12.7. The van der Waals surface area contributed by atoms with Crippen LogP contribution in [0.4, 0.5) is 0 Å². The van der Waals surface area contributed by atoms with E-state index in [2.05, 4.69) is 5.10 Å². The van der Waals surface area contributed by atoms with Crippen LogP contribution in [0.25, 0.3) is 20.2 Å². The number of fused-ring (bicyclic) bond motifs is 3. The van der Waals surface area contributed by atoms with Gasteiger partial charge in [-0.15, -0.1) is 11.3 Å². The highest BCUT2D eigenvalue weighted by atomic mass is 32.1. The lowest BCUT2D eigenvalue weighted by atomic mass is 10.1. The third kappa shape index (κ3) is 2.53. The molecule has 1 atom stereocenters. The zero-order valence-electron chi connectivity index (χ0n) is 13.3. The van der Waals surface area contributed by atoms with Crippen LogP contribution < -0.4 is 5.56 Å². The van der Waals surface area contributed by atoms with E-state index in [1.165, 1.54) is 4.68 Å². The quantitative estimate of drug-likeness (QED) is 0.688. The highest BCUT2D eigenvalue weighted by Gasteiger charge is 2.25. The Morgan fingerprint density at radius 3 is 2.78 bits per heavy atom. The van der Waals surface area contributed by atoms with Gasteiger partial charge in [0.2, 0.25) is 0 Å². The Labute approximate surface area is 137 Å². The topological polar surface area (TPSA) is 61.2 Å². The Kier molecular flexibility index (Phi) is 4.17. The molecule has 2 heterocycles. The van der Waals surface area contributed by atoms with Gasteiger partial charge < -0.3 is 4.74 Å². The minimum Gasteiger partial charge on any atom is -0.464 e. The Morgan fingerprint density at radius 2 is 2.09 bits per heavy atom. The van der Waals surface area contributed by atoms with Gasteiger partial charge in [-0.1, -0.05) is 25.1 Å². The predicted molar refractivity (Wildman–Crippen MR) is 92.1 cm³/mol. The second-order valence-electron chi connectivity index (χ2n) is 5.31. The molecule has 0 saturated heterocycles. The molecule has 0 radical (unpaired) electrons. The number of carbonyl (C=O) groups excluding carboxylic acids is 1. The molecule has 6 heteroatoms. The van der Waals surface area contributed by atoms with Crippen molar-refractivity contribution in [1.29, 1.82) is 0 Å². The van der Waals surface area contributed by atoms with Gasteiger partial charge in [0.15, 0.2) is 6.04 Å². The van der Waals surface area contributed by atoms with Gasteiger partial charge in [0, 0.05) is 10.1 Å². The molecule has 0 fully saturated rings. The van der Waals surface area contributed by atoms with Crippen molar-refractivity contribution in [3.63, 3.8) is 0 Å². The molecule has 3 aromatic rings. The van der Waals surface area contributed by atoms with Gasteiger partial charge in [-0.05, 0) is 26.3 Å². The third-order valence-electron chi connectivity index (χ3n) is 3.84. The fourth-order valence-corrected chi connectivity index (χ4v) is 3.90. The van der Waals surface area contributed by atoms with Crippen molar-refractivity contribution < 1.29 is 9.53 Å². The molecule has 3 rings (SSSR count). The average molecular weight is 330 g/mol. The molecule has 0 spiro atoms. The summed E-state index contributed by atoms with van der Waals surface area (Å²) in [5.74, 6) is -0.414. The van der Waals surface area contributed by atoms with Gasteiger partial charge in [0.05, 0.1) is 22.4 Å². The van der Waals surface area contributed by atoms with Gasteiger partial charge in [0.1, 0.15) is 0 Å². The van der Waals surface area contributed by atoms with Gasteiger partial charge in [0.25, 0.3) is 5.56 Å². The first-order valence-corrected chi connectivity index (χ1v) is 8.47. The molecule has 0 saturated carbocycles. The molecular weight excluding hydrogens is 312 g/mol. The minimum absolute atomic E-state index is 0.233. The van der Waals surface area contributed by atoms with Crippen molar-refractivity contribution in [3.05, 3.63) is 40.3 Å². The number of aromatic nitrogens is 2. The highest BCUT2D eigenvalue weighted by molar-refractivity contribution is 7.26. The lowest BCUT2D eigenvalue weighted by molar-refractivity contribution is -0.147. The summed E-state index contributed by atoms with van der Waals surface area (Å²) >= 11 is 1.56.